The summed E-state index contributed by atoms with van der Waals surface area (Å²) in [5, 5.41) is 9.73. The van der Waals surface area contributed by atoms with Crippen LogP contribution in [0.4, 0.5) is 5.13 Å². The van der Waals surface area contributed by atoms with Gasteiger partial charge in [0.25, 0.3) is 5.91 Å². The maximum Gasteiger partial charge on any atom is 0.297 e. The smallest absolute Gasteiger partial charge is 0.297 e. The third-order valence-electron chi connectivity index (χ3n) is 6.07. The first-order valence-corrected chi connectivity index (χ1v) is 11.8. The fourth-order valence-corrected chi connectivity index (χ4v) is 5.11. The third kappa shape index (κ3) is 3.52. The molecule has 0 fully saturated rings. The highest BCUT2D eigenvalue weighted by atomic mass is 32.1. The number of aryl methyl sites for hydroxylation is 2. The van der Waals surface area contributed by atoms with Gasteiger partial charge in [-0.1, -0.05) is 24.3 Å². The first kappa shape index (κ1) is 22.9. The average Bonchev–Trinajstić information content (AvgIpc) is 3.43. The van der Waals surface area contributed by atoms with Gasteiger partial charge in [-0.15, -0.1) is 10.2 Å². The van der Waals surface area contributed by atoms with Crippen LogP contribution < -0.4 is 24.5 Å². The molecule has 1 amide bonds. The zero-order chi connectivity index (χ0) is 24.9. The molecular formula is C25H23N3O6S. The van der Waals surface area contributed by atoms with E-state index in [-0.39, 0.29) is 16.8 Å². The average molecular weight is 494 g/mol. The molecule has 0 spiro atoms. The Morgan fingerprint density at radius 3 is 2.31 bits per heavy atom. The van der Waals surface area contributed by atoms with Crippen molar-refractivity contribution in [2.24, 2.45) is 0 Å². The normalized spacial score (nSPS) is 14.9. The summed E-state index contributed by atoms with van der Waals surface area (Å²) in [6.45, 7) is 3.81. The number of benzene rings is 2. The van der Waals surface area contributed by atoms with E-state index in [0.29, 0.717) is 43.9 Å². The molecule has 2 aromatic heterocycles. The van der Waals surface area contributed by atoms with Gasteiger partial charge in [-0.05, 0) is 48.7 Å². The maximum absolute atomic E-state index is 13.9. The van der Waals surface area contributed by atoms with Crippen LogP contribution in [0.1, 0.15) is 45.2 Å². The lowest BCUT2D eigenvalue weighted by Gasteiger charge is -2.24. The van der Waals surface area contributed by atoms with Crippen LogP contribution >= 0.6 is 11.3 Å². The Kier molecular flexibility index (Phi) is 5.68. The van der Waals surface area contributed by atoms with Crippen molar-refractivity contribution >= 4 is 33.3 Å². The number of hydrogen-bond acceptors (Lipinski definition) is 9. The highest BCUT2D eigenvalue weighted by molar-refractivity contribution is 7.15. The Morgan fingerprint density at radius 2 is 1.74 bits per heavy atom. The molecule has 5 rings (SSSR count). The molecule has 9 nitrogen and oxygen atoms in total. The number of hydrogen-bond donors (Lipinski definition) is 0. The molecule has 1 atom stereocenters. The molecule has 3 heterocycles. The van der Waals surface area contributed by atoms with E-state index in [9.17, 15) is 9.59 Å². The molecule has 1 unspecified atom stereocenters. The van der Waals surface area contributed by atoms with Gasteiger partial charge in [-0.3, -0.25) is 14.5 Å². The molecule has 35 heavy (non-hydrogen) atoms. The number of ether oxygens (including phenoxy) is 3. The van der Waals surface area contributed by atoms with Crippen LogP contribution in [0, 0.1) is 6.92 Å². The van der Waals surface area contributed by atoms with Crippen LogP contribution in [0.2, 0.25) is 0 Å². The summed E-state index contributed by atoms with van der Waals surface area (Å²) in [6.07, 6.45) is 0.762. The third-order valence-corrected chi connectivity index (χ3v) is 6.91. The molecule has 180 valence electrons. The van der Waals surface area contributed by atoms with E-state index in [1.165, 1.54) is 37.6 Å². The van der Waals surface area contributed by atoms with Gasteiger partial charge in [0.15, 0.2) is 16.9 Å². The van der Waals surface area contributed by atoms with Gasteiger partial charge in [0.1, 0.15) is 10.6 Å². The van der Waals surface area contributed by atoms with Crippen molar-refractivity contribution in [3.63, 3.8) is 0 Å². The number of anilines is 1. The van der Waals surface area contributed by atoms with E-state index in [2.05, 4.69) is 10.2 Å². The Labute approximate surface area is 204 Å². The van der Waals surface area contributed by atoms with Crippen molar-refractivity contribution in [2.45, 2.75) is 26.3 Å². The lowest BCUT2D eigenvalue weighted by Crippen LogP contribution is -2.29. The molecule has 4 aromatic rings. The molecule has 1 aliphatic heterocycles. The minimum atomic E-state index is -0.829. The largest absolute Gasteiger partial charge is 0.493 e. The van der Waals surface area contributed by atoms with Gasteiger partial charge in [0.2, 0.25) is 16.6 Å². The van der Waals surface area contributed by atoms with Gasteiger partial charge < -0.3 is 18.6 Å². The number of methoxy groups -OCH3 is 3. The van der Waals surface area contributed by atoms with E-state index < -0.39 is 11.9 Å². The Balaban J connectivity index is 1.83. The van der Waals surface area contributed by atoms with Crippen LogP contribution in [-0.4, -0.2) is 37.4 Å². The molecule has 10 heteroatoms. The van der Waals surface area contributed by atoms with E-state index >= 15 is 0 Å². The predicted molar refractivity (Wildman–Crippen MR) is 131 cm³/mol. The van der Waals surface area contributed by atoms with Crippen LogP contribution in [0.3, 0.4) is 0 Å². The second kappa shape index (κ2) is 8.70. The van der Waals surface area contributed by atoms with Crippen molar-refractivity contribution in [3.8, 4) is 17.2 Å². The Bertz CT molecular complexity index is 1500. The maximum atomic E-state index is 13.9. The first-order valence-electron chi connectivity index (χ1n) is 10.9. The highest BCUT2D eigenvalue weighted by Gasteiger charge is 2.45. The molecule has 2 aromatic carbocycles. The zero-order valence-electron chi connectivity index (χ0n) is 19.9. The monoisotopic (exact) mass is 493 g/mol. The summed E-state index contributed by atoms with van der Waals surface area (Å²) in [5.74, 6) is 0.718. The van der Waals surface area contributed by atoms with Crippen molar-refractivity contribution in [3.05, 3.63) is 68.0 Å². The van der Waals surface area contributed by atoms with Gasteiger partial charge in [-0.25, -0.2) is 0 Å². The second-order valence-corrected chi connectivity index (χ2v) is 9.16. The number of carbonyl (C=O) groups excluding carboxylic acids is 1. The van der Waals surface area contributed by atoms with Crippen molar-refractivity contribution < 1.29 is 23.4 Å². The number of amides is 1. The minimum Gasteiger partial charge on any atom is -0.493 e. The topological polar surface area (TPSA) is 104 Å². The van der Waals surface area contributed by atoms with Gasteiger partial charge in [-0.2, -0.15) is 0 Å². The number of nitrogens with zero attached hydrogens (tertiary/aromatic N) is 3. The molecule has 0 aliphatic carbocycles. The Hall–Kier alpha value is -3.92. The number of aromatic nitrogens is 2. The molecule has 0 saturated carbocycles. The highest BCUT2D eigenvalue weighted by Crippen LogP contribution is 2.46. The van der Waals surface area contributed by atoms with Crippen LogP contribution in [0.25, 0.3) is 11.0 Å². The predicted octanol–water partition coefficient (Wildman–Crippen LogP) is 4.29. The summed E-state index contributed by atoms with van der Waals surface area (Å²) in [5.41, 5.74) is 1.90. The van der Waals surface area contributed by atoms with Crippen molar-refractivity contribution in [1.82, 2.24) is 10.2 Å². The second-order valence-electron chi connectivity index (χ2n) is 8.00. The van der Waals surface area contributed by atoms with Gasteiger partial charge in [0, 0.05) is 0 Å². The number of carbonyl (C=O) groups is 1. The van der Waals surface area contributed by atoms with E-state index in [0.717, 1.165) is 12.0 Å². The van der Waals surface area contributed by atoms with Crippen molar-refractivity contribution in [2.75, 3.05) is 26.2 Å². The minimum absolute atomic E-state index is 0.0154. The fourth-order valence-electron chi connectivity index (χ4n) is 4.40. The van der Waals surface area contributed by atoms with Crippen LogP contribution in [0.5, 0.6) is 17.2 Å². The molecule has 0 saturated heterocycles. The van der Waals surface area contributed by atoms with Crippen LogP contribution in [-0.2, 0) is 6.42 Å². The van der Waals surface area contributed by atoms with E-state index in [4.69, 9.17) is 18.6 Å². The number of fused-ring (bicyclic) bond motifs is 2. The van der Waals surface area contributed by atoms with Gasteiger partial charge >= 0.3 is 0 Å². The van der Waals surface area contributed by atoms with E-state index in [1.54, 1.807) is 25.1 Å². The molecule has 0 radical (unpaired) electrons. The first-order chi connectivity index (χ1) is 16.9. The van der Waals surface area contributed by atoms with Gasteiger partial charge in [0.05, 0.1) is 38.3 Å². The number of rotatable bonds is 6. The zero-order valence-corrected chi connectivity index (χ0v) is 20.7. The van der Waals surface area contributed by atoms with Crippen molar-refractivity contribution in [1.29, 1.82) is 0 Å². The van der Waals surface area contributed by atoms with E-state index in [1.807, 2.05) is 19.1 Å². The summed E-state index contributed by atoms with van der Waals surface area (Å²) in [4.78, 5) is 29.0. The molecular weight excluding hydrogens is 470 g/mol. The lowest BCUT2D eigenvalue weighted by molar-refractivity contribution is 0.0970. The molecule has 1 aliphatic rings. The lowest BCUT2D eigenvalue weighted by atomic mass is 9.97. The Morgan fingerprint density at radius 1 is 1.03 bits per heavy atom. The quantitative estimate of drug-likeness (QED) is 0.392. The summed E-state index contributed by atoms with van der Waals surface area (Å²) in [7, 11) is 4.53. The molecule has 0 N–H and O–H groups in total. The SMILES string of the molecule is CCc1ccc2oc3c(c(=O)c2c1)C(c1cc(OC)c(OC)c(OC)c1)N(c1nnc(C)s1)C3=O. The van der Waals surface area contributed by atoms with Crippen LogP contribution in [0.15, 0.2) is 39.5 Å². The summed E-state index contributed by atoms with van der Waals surface area (Å²) in [6, 6.07) is 8.05. The summed E-state index contributed by atoms with van der Waals surface area (Å²) >= 11 is 1.25. The summed E-state index contributed by atoms with van der Waals surface area (Å²) < 4.78 is 22.6. The standard InChI is InChI=1S/C25H23N3O6S/c1-6-13-7-8-16-15(9-13)21(29)19-20(14-10-17(31-3)22(33-5)18(11-14)32-4)28(24(30)23(19)34-16)25-27-26-12(2)35-25/h7-11,20H,6H2,1-5H3. The molecule has 0 bridgehead atoms. The fraction of sp³-hybridized carbons (Fsp3) is 0.280.